The standard InChI is InChI=1S/C10H12ClNO2S/c1-2-12-6-5-8-7-9(15(11,13)14)3-4-10(8)12/h3-4,7H,2,5-6H2,1H3. The second-order valence-corrected chi connectivity index (χ2v) is 6.12. The van der Waals surface area contributed by atoms with Crippen LogP contribution in [0.25, 0.3) is 0 Å². The quantitative estimate of drug-likeness (QED) is 0.748. The van der Waals surface area contributed by atoms with Crippen LogP contribution in [0, 0.1) is 0 Å². The molecule has 1 aliphatic heterocycles. The summed E-state index contributed by atoms with van der Waals surface area (Å²) in [4.78, 5) is 2.42. The highest BCUT2D eigenvalue weighted by Crippen LogP contribution is 2.30. The molecule has 0 N–H and O–H groups in total. The number of fused-ring (bicyclic) bond motifs is 1. The van der Waals surface area contributed by atoms with Crippen LogP contribution in [0.15, 0.2) is 23.1 Å². The van der Waals surface area contributed by atoms with Gasteiger partial charge in [-0.1, -0.05) is 0 Å². The van der Waals surface area contributed by atoms with Gasteiger partial charge in [-0.25, -0.2) is 8.42 Å². The molecule has 82 valence electrons. The molecule has 0 spiro atoms. The molecule has 1 aromatic rings. The Labute approximate surface area is 94.1 Å². The Kier molecular flexibility index (Phi) is 2.64. The summed E-state index contributed by atoms with van der Waals surface area (Å²) in [5.41, 5.74) is 2.19. The zero-order valence-corrected chi connectivity index (χ0v) is 9.98. The molecular formula is C10H12ClNO2S. The van der Waals surface area contributed by atoms with Crippen molar-refractivity contribution in [2.24, 2.45) is 0 Å². The number of nitrogens with zero attached hydrogens (tertiary/aromatic N) is 1. The summed E-state index contributed by atoms with van der Waals surface area (Å²) in [5, 5.41) is 0. The topological polar surface area (TPSA) is 37.4 Å². The molecule has 0 bridgehead atoms. The van der Waals surface area contributed by atoms with Crippen LogP contribution in [-0.4, -0.2) is 21.5 Å². The molecule has 0 aromatic heterocycles. The first-order valence-corrected chi connectivity index (χ1v) is 7.16. The Morgan fingerprint density at radius 2 is 2.20 bits per heavy atom. The number of hydrogen-bond acceptors (Lipinski definition) is 3. The van der Waals surface area contributed by atoms with Crippen molar-refractivity contribution < 1.29 is 8.42 Å². The monoisotopic (exact) mass is 245 g/mol. The van der Waals surface area contributed by atoms with Crippen LogP contribution < -0.4 is 4.90 Å². The second kappa shape index (κ2) is 3.68. The van der Waals surface area contributed by atoms with Gasteiger partial charge < -0.3 is 4.90 Å². The van der Waals surface area contributed by atoms with E-state index in [0.29, 0.717) is 0 Å². The summed E-state index contributed by atoms with van der Waals surface area (Å²) < 4.78 is 22.3. The van der Waals surface area contributed by atoms with E-state index in [0.717, 1.165) is 30.8 Å². The van der Waals surface area contributed by atoms with Crippen LogP contribution in [0.5, 0.6) is 0 Å². The maximum Gasteiger partial charge on any atom is 0.261 e. The van der Waals surface area contributed by atoms with E-state index in [1.54, 1.807) is 12.1 Å². The highest BCUT2D eigenvalue weighted by molar-refractivity contribution is 8.13. The zero-order chi connectivity index (χ0) is 11.1. The summed E-state index contributed by atoms with van der Waals surface area (Å²) in [5.74, 6) is 0. The number of benzene rings is 1. The molecule has 1 aliphatic rings. The minimum absolute atomic E-state index is 0.195. The van der Waals surface area contributed by atoms with Gasteiger partial charge >= 0.3 is 0 Å². The van der Waals surface area contributed by atoms with Gasteiger partial charge in [-0.15, -0.1) is 0 Å². The van der Waals surface area contributed by atoms with Crippen LogP contribution >= 0.6 is 10.7 Å². The maximum absolute atomic E-state index is 11.1. The fourth-order valence-corrected chi connectivity index (χ4v) is 2.73. The summed E-state index contributed by atoms with van der Waals surface area (Å²) in [6.07, 6.45) is 0.892. The molecule has 0 saturated heterocycles. The Balaban J connectivity index is 2.46. The number of hydrogen-bond donors (Lipinski definition) is 0. The lowest BCUT2D eigenvalue weighted by molar-refractivity contribution is 0.609. The normalized spacial score (nSPS) is 15.5. The Hall–Kier alpha value is -0.740. The van der Waals surface area contributed by atoms with Crippen molar-refractivity contribution in [1.82, 2.24) is 0 Å². The van der Waals surface area contributed by atoms with Crippen molar-refractivity contribution in [2.45, 2.75) is 18.2 Å². The number of likely N-dealkylation sites (N-methyl/N-ethyl adjacent to an activating group) is 1. The fraction of sp³-hybridized carbons (Fsp3) is 0.400. The molecule has 3 nitrogen and oxygen atoms in total. The Morgan fingerprint density at radius 1 is 1.47 bits per heavy atom. The van der Waals surface area contributed by atoms with Gasteiger partial charge in [-0.3, -0.25) is 0 Å². The van der Waals surface area contributed by atoms with Crippen molar-refractivity contribution in [1.29, 1.82) is 0 Å². The molecule has 2 rings (SSSR count). The molecule has 15 heavy (non-hydrogen) atoms. The van der Waals surface area contributed by atoms with E-state index in [2.05, 4.69) is 11.8 Å². The molecule has 0 atom stereocenters. The average molecular weight is 246 g/mol. The molecular weight excluding hydrogens is 234 g/mol. The minimum atomic E-state index is -3.59. The highest BCUT2D eigenvalue weighted by atomic mass is 35.7. The van der Waals surface area contributed by atoms with Crippen LogP contribution in [0.3, 0.4) is 0 Å². The van der Waals surface area contributed by atoms with Gasteiger partial charge in [0, 0.05) is 29.5 Å². The molecule has 0 unspecified atom stereocenters. The third-order valence-electron chi connectivity index (χ3n) is 2.71. The molecule has 0 saturated carbocycles. The van der Waals surface area contributed by atoms with E-state index in [-0.39, 0.29) is 4.90 Å². The minimum Gasteiger partial charge on any atom is -0.371 e. The smallest absolute Gasteiger partial charge is 0.261 e. The molecule has 5 heteroatoms. The van der Waals surface area contributed by atoms with Gasteiger partial charge in [-0.2, -0.15) is 0 Å². The predicted molar refractivity (Wildman–Crippen MR) is 61.1 cm³/mol. The molecule has 1 heterocycles. The lowest BCUT2D eigenvalue weighted by Crippen LogP contribution is -2.18. The average Bonchev–Trinajstić information content (AvgIpc) is 2.58. The van der Waals surface area contributed by atoms with Gasteiger partial charge in [-0.05, 0) is 37.1 Å². The molecule has 0 fully saturated rings. The van der Waals surface area contributed by atoms with Crippen molar-refractivity contribution in [2.75, 3.05) is 18.0 Å². The van der Waals surface area contributed by atoms with Crippen LogP contribution in [0.4, 0.5) is 5.69 Å². The molecule has 0 aliphatic carbocycles. The zero-order valence-electron chi connectivity index (χ0n) is 8.40. The first-order chi connectivity index (χ1) is 7.02. The number of halogens is 1. The lowest BCUT2D eigenvalue weighted by atomic mass is 10.2. The van der Waals surface area contributed by atoms with E-state index in [9.17, 15) is 8.42 Å². The van der Waals surface area contributed by atoms with E-state index in [4.69, 9.17) is 10.7 Å². The van der Waals surface area contributed by atoms with Gasteiger partial charge in [0.05, 0.1) is 4.90 Å². The summed E-state index contributed by atoms with van der Waals surface area (Å²) in [6, 6.07) is 5.07. The summed E-state index contributed by atoms with van der Waals surface area (Å²) >= 11 is 0. The van der Waals surface area contributed by atoms with Crippen molar-refractivity contribution >= 4 is 25.4 Å². The van der Waals surface area contributed by atoms with E-state index < -0.39 is 9.05 Å². The van der Waals surface area contributed by atoms with Crippen LogP contribution in [-0.2, 0) is 15.5 Å². The first kappa shape index (κ1) is 10.8. The van der Waals surface area contributed by atoms with E-state index in [1.807, 2.05) is 6.07 Å². The maximum atomic E-state index is 11.1. The third-order valence-corrected chi connectivity index (χ3v) is 4.06. The largest absolute Gasteiger partial charge is 0.371 e. The van der Waals surface area contributed by atoms with Crippen LogP contribution in [0.1, 0.15) is 12.5 Å². The molecule has 0 radical (unpaired) electrons. The highest BCUT2D eigenvalue weighted by Gasteiger charge is 2.20. The molecule has 1 aromatic carbocycles. The molecule has 0 amide bonds. The van der Waals surface area contributed by atoms with Gasteiger partial charge in [0.2, 0.25) is 0 Å². The first-order valence-electron chi connectivity index (χ1n) is 4.85. The predicted octanol–water partition coefficient (Wildman–Crippen LogP) is 2.00. The van der Waals surface area contributed by atoms with Crippen molar-refractivity contribution in [3.05, 3.63) is 23.8 Å². The van der Waals surface area contributed by atoms with Gasteiger partial charge in [0.25, 0.3) is 9.05 Å². The number of rotatable bonds is 2. The SMILES string of the molecule is CCN1CCc2cc(S(=O)(=O)Cl)ccc21. The number of anilines is 1. The van der Waals surface area contributed by atoms with Crippen molar-refractivity contribution in [3.8, 4) is 0 Å². The third kappa shape index (κ3) is 1.96. The summed E-state index contributed by atoms with van der Waals surface area (Å²) in [6.45, 7) is 3.99. The van der Waals surface area contributed by atoms with Crippen molar-refractivity contribution in [3.63, 3.8) is 0 Å². The van der Waals surface area contributed by atoms with Gasteiger partial charge in [0.1, 0.15) is 0 Å². The van der Waals surface area contributed by atoms with Crippen LogP contribution in [0.2, 0.25) is 0 Å². The Morgan fingerprint density at radius 3 is 2.80 bits per heavy atom. The second-order valence-electron chi connectivity index (χ2n) is 3.56. The van der Waals surface area contributed by atoms with E-state index >= 15 is 0 Å². The summed E-state index contributed by atoms with van der Waals surface area (Å²) in [7, 11) is 1.69. The Bertz CT molecular complexity index is 484. The lowest BCUT2D eigenvalue weighted by Gasteiger charge is -2.16. The van der Waals surface area contributed by atoms with Gasteiger partial charge in [0.15, 0.2) is 0 Å². The van der Waals surface area contributed by atoms with E-state index in [1.165, 1.54) is 0 Å². The fourth-order valence-electron chi connectivity index (χ4n) is 1.93.